The second-order valence-corrected chi connectivity index (χ2v) is 5.03. The third kappa shape index (κ3) is 4.70. The summed E-state index contributed by atoms with van der Waals surface area (Å²) in [7, 11) is 3.73. The molecule has 0 bridgehead atoms. The third-order valence-electron chi connectivity index (χ3n) is 2.86. The first-order valence-corrected chi connectivity index (χ1v) is 6.94. The van der Waals surface area contributed by atoms with Crippen molar-refractivity contribution < 1.29 is 14.0 Å². The monoisotopic (exact) mass is 314 g/mol. The van der Waals surface area contributed by atoms with E-state index in [9.17, 15) is 9.59 Å². The van der Waals surface area contributed by atoms with E-state index < -0.39 is 0 Å². The van der Waals surface area contributed by atoms with Crippen LogP contribution in [0.5, 0.6) is 0 Å². The number of nitrogens with zero attached hydrogens (tertiary/aromatic N) is 2. The fourth-order valence-electron chi connectivity index (χ4n) is 1.81. The summed E-state index contributed by atoms with van der Waals surface area (Å²) >= 11 is 0. The van der Waals surface area contributed by atoms with Gasteiger partial charge < -0.3 is 14.6 Å². The quantitative estimate of drug-likeness (QED) is 0.653. The average molecular weight is 314 g/mol. The van der Waals surface area contributed by atoms with Crippen LogP contribution >= 0.6 is 0 Å². The topological polar surface area (TPSA) is 86.9 Å². The van der Waals surface area contributed by atoms with Crippen LogP contribution in [0, 0.1) is 0 Å². The lowest BCUT2D eigenvalue weighted by Crippen LogP contribution is -2.18. The van der Waals surface area contributed by atoms with E-state index in [1.807, 2.05) is 19.0 Å². The molecule has 0 aliphatic heterocycles. The van der Waals surface area contributed by atoms with E-state index >= 15 is 0 Å². The van der Waals surface area contributed by atoms with Crippen LogP contribution in [0.3, 0.4) is 0 Å². The molecule has 0 aliphatic rings. The van der Waals surface area contributed by atoms with Gasteiger partial charge in [0.15, 0.2) is 5.88 Å². The molecule has 2 aromatic rings. The minimum Gasteiger partial charge on any atom is -0.440 e. The summed E-state index contributed by atoms with van der Waals surface area (Å²) < 4.78 is 5.47. The highest BCUT2D eigenvalue weighted by Gasteiger charge is 2.06. The summed E-state index contributed by atoms with van der Waals surface area (Å²) in [4.78, 5) is 24.9. The minimum absolute atomic E-state index is 0.199. The molecule has 120 valence electrons. The molecule has 0 saturated carbocycles. The van der Waals surface area contributed by atoms with E-state index in [1.54, 1.807) is 36.4 Å². The predicted molar refractivity (Wildman–Crippen MR) is 88.8 cm³/mol. The highest BCUT2D eigenvalue weighted by molar-refractivity contribution is 5.97. The lowest BCUT2D eigenvalue weighted by atomic mass is 10.2. The van der Waals surface area contributed by atoms with E-state index in [4.69, 9.17) is 4.42 Å². The second kappa shape index (κ2) is 7.26. The maximum absolute atomic E-state index is 12.0. The van der Waals surface area contributed by atoms with Gasteiger partial charge in [-0.25, -0.2) is 5.43 Å². The lowest BCUT2D eigenvalue weighted by Gasteiger charge is -2.05. The Morgan fingerprint density at radius 3 is 2.65 bits per heavy atom. The van der Waals surface area contributed by atoms with E-state index in [0.717, 1.165) is 0 Å². The van der Waals surface area contributed by atoms with Gasteiger partial charge in [-0.3, -0.25) is 9.59 Å². The average Bonchev–Trinajstić information content (AvgIpc) is 2.96. The molecule has 0 radical (unpaired) electrons. The van der Waals surface area contributed by atoms with Gasteiger partial charge in [0, 0.05) is 38.3 Å². The van der Waals surface area contributed by atoms with E-state index in [1.165, 1.54) is 13.1 Å². The Kier molecular flexibility index (Phi) is 5.14. The first-order valence-electron chi connectivity index (χ1n) is 6.94. The number of hydrogen-bond acceptors (Lipinski definition) is 5. The molecule has 23 heavy (non-hydrogen) atoms. The van der Waals surface area contributed by atoms with Crippen LogP contribution in [-0.2, 0) is 4.79 Å². The molecule has 0 unspecified atom stereocenters. The molecule has 2 N–H and O–H groups in total. The molecule has 7 nitrogen and oxygen atoms in total. The number of rotatable bonds is 5. The van der Waals surface area contributed by atoms with Crippen LogP contribution in [-0.4, -0.2) is 32.1 Å². The van der Waals surface area contributed by atoms with Crippen molar-refractivity contribution >= 4 is 29.6 Å². The number of anilines is 2. The first-order chi connectivity index (χ1) is 11.0. The molecule has 2 rings (SSSR count). The van der Waals surface area contributed by atoms with Crippen LogP contribution in [0.15, 0.2) is 45.9 Å². The van der Waals surface area contributed by atoms with Crippen molar-refractivity contribution in [2.45, 2.75) is 6.92 Å². The maximum atomic E-state index is 12.0. The van der Waals surface area contributed by atoms with Crippen molar-refractivity contribution in [3.05, 3.63) is 47.7 Å². The largest absolute Gasteiger partial charge is 0.440 e. The Hall–Kier alpha value is -3.09. The number of carbonyl (C=O) groups is 2. The molecule has 7 heteroatoms. The van der Waals surface area contributed by atoms with Crippen molar-refractivity contribution in [2.24, 2.45) is 5.10 Å². The molecule has 0 saturated heterocycles. The van der Waals surface area contributed by atoms with Crippen LogP contribution < -0.4 is 15.6 Å². The summed E-state index contributed by atoms with van der Waals surface area (Å²) in [6, 6.07) is 10.1. The van der Waals surface area contributed by atoms with Crippen LogP contribution in [0.4, 0.5) is 11.6 Å². The van der Waals surface area contributed by atoms with Crippen molar-refractivity contribution in [1.29, 1.82) is 0 Å². The Labute approximate surface area is 134 Å². The summed E-state index contributed by atoms with van der Waals surface area (Å²) in [5.74, 6) is 0.643. The van der Waals surface area contributed by atoms with Crippen molar-refractivity contribution in [1.82, 2.24) is 5.43 Å². The van der Waals surface area contributed by atoms with E-state index in [2.05, 4.69) is 15.8 Å². The van der Waals surface area contributed by atoms with E-state index in [0.29, 0.717) is 22.9 Å². The standard InChI is InChI=1S/C16H18N4O3/c1-11(21)18-13-6-4-5-12(9-13)16(22)19-17-10-14-7-8-15(23-14)20(2)3/h4-10H,1-3H3,(H,18,21)(H,19,22). The molecule has 1 heterocycles. The van der Waals surface area contributed by atoms with Gasteiger partial charge in [0.1, 0.15) is 5.76 Å². The zero-order valence-corrected chi connectivity index (χ0v) is 13.2. The molecule has 1 aromatic heterocycles. The normalized spacial score (nSPS) is 10.6. The van der Waals surface area contributed by atoms with Crippen LogP contribution in [0.25, 0.3) is 0 Å². The molecular weight excluding hydrogens is 296 g/mol. The number of amides is 2. The zero-order chi connectivity index (χ0) is 16.8. The van der Waals surface area contributed by atoms with Gasteiger partial charge in [-0.05, 0) is 24.3 Å². The number of hydrogen-bond donors (Lipinski definition) is 2. The molecule has 0 spiro atoms. The molecule has 0 aliphatic carbocycles. The molecular formula is C16H18N4O3. The smallest absolute Gasteiger partial charge is 0.271 e. The first kappa shape index (κ1) is 16.3. The summed E-state index contributed by atoms with van der Waals surface area (Å²) in [6.07, 6.45) is 1.42. The summed E-state index contributed by atoms with van der Waals surface area (Å²) in [6.45, 7) is 1.41. The van der Waals surface area contributed by atoms with Gasteiger partial charge >= 0.3 is 0 Å². The maximum Gasteiger partial charge on any atom is 0.271 e. The van der Waals surface area contributed by atoms with Crippen LogP contribution in [0.2, 0.25) is 0 Å². The summed E-state index contributed by atoms with van der Waals surface area (Å²) in [5.41, 5.74) is 3.35. The molecule has 2 amide bonds. The summed E-state index contributed by atoms with van der Waals surface area (Å²) in [5, 5.41) is 6.48. The van der Waals surface area contributed by atoms with Gasteiger partial charge in [-0.1, -0.05) is 6.07 Å². The number of hydrazone groups is 1. The van der Waals surface area contributed by atoms with Gasteiger partial charge in [0.05, 0.1) is 6.21 Å². The molecule has 0 atom stereocenters. The van der Waals surface area contributed by atoms with Crippen molar-refractivity contribution in [2.75, 3.05) is 24.3 Å². The Morgan fingerprint density at radius 1 is 1.22 bits per heavy atom. The molecule has 0 fully saturated rings. The highest BCUT2D eigenvalue weighted by Crippen LogP contribution is 2.14. The molecule has 1 aromatic carbocycles. The van der Waals surface area contributed by atoms with Crippen LogP contribution in [0.1, 0.15) is 23.0 Å². The Balaban J connectivity index is 1.98. The SMILES string of the molecule is CC(=O)Nc1cccc(C(=O)NN=Cc2ccc(N(C)C)o2)c1. The fraction of sp³-hybridized carbons (Fsp3) is 0.188. The zero-order valence-electron chi connectivity index (χ0n) is 13.2. The third-order valence-corrected chi connectivity index (χ3v) is 2.86. The lowest BCUT2D eigenvalue weighted by molar-refractivity contribution is -0.114. The number of carbonyl (C=O) groups excluding carboxylic acids is 2. The number of nitrogens with one attached hydrogen (secondary N) is 2. The van der Waals surface area contributed by atoms with Gasteiger partial charge in [0.2, 0.25) is 5.91 Å². The minimum atomic E-state index is -0.382. The number of furan rings is 1. The van der Waals surface area contributed by atoms with Crippen molar-refractivity contribution in [3.8, 4) is 0 Å². The van der Waals surface area contributed by atoms with Crippen molar-refractivity contribution in [3.63, 3.8) is 0 Å². The second-order valence-electron chi connectivity index (χ2n) is 5.03. The van der Waals surface area contributed by atoms with E-state index in [-0.39, 0.29) is 11.8 Å². The predicted octanol–water partition coefficient (Wildman–Crippen LogP) is 2.07. The van der Waals surface area contributed by atoms with Gasteiger partial charge in [-0.15, -0.1) is 0 Å². The van der Waals surface area contributed by atoms with Gasteiger partial charge in [0.25, 0.3) is 5.91 Å². The number of benzene rings is 1. The van der Waals surface area contributed by atoms with Gasteiger partial charge in [-0.2, -0.15) is 5.10 Å². The fourth-order valence-corrected chi connectivity index (χ4v) is 1.81. The highest BCUT2D eigenvalue weighted by atomic mass is 16.4. The Bertz CT molecular complexity index is 734. The Morgan fingerprint density at radius 2 is 2.00 bits per heavy atom.